The van der Waals surface area contributed by atoms with Crippen LogP contribution in [-0.4, -0.2) is 29.5 Å². The molecule has 1 unspecified atom stereocenters. The molecular weight excluding hydrogens is 232 g/mol. The Balaban J connectivity index is 1.74. The van der Waals surface area contributed by atoms with E-state index in [0.717, 1.165) is 19.4 Å². The molecule has 1 heterocycles. The van der Waals surface area contributed by atoms with Crippen molar-refractivity contribution in [2.24, 2.45) is 11.1 Å². The number of hydrogen-bond donors (Lipinski definition) is 2. The van der Waals surface area contributed by atoms with E-state index in [4.69, 9.17) is 5.73 Å². The molecule has 1 atom stereocenters. The van der Waals surface area contributed by atoms with E-state index in [1.165, 1.54) is 25.0 Å². The molecule has 3 N–H and O–H groups in total. The number of rotatable bonds is 5. The Morgan fingerprint density at radius 1 is 1.35 bits per heavy atom. The van der Waals surface area contributed by atoms with E-state index in [-0.39, 0.29) is 16.1 Å². The first-order valence-corrected chi connectivity index (χ1v) is 7.67. The smallest absolute Gasteiger partial charge is 0.220 e. The van der Waals surface area contributed by atoms with Gasteiger partial charge in [0.05, 0.1) is 0 Å². The molecule has 0 bridgehead atoms. The molecule has 2 rings (SSSR count). The minimum Gasteiger partial charge on any atom is -0.355 e. The van der Waals surface area contributed by atoms with Crippen molar-refractivity contribution >= 4 is 17.7 Å². The number of amides is 1. The Bertz CT molecular complexity index is 278. The van der Waals surface area contributed by atoms with E-state index in [1.807, 2.05) is 11.8 Å². The fraction of sp³-hybridized carbons (Fsp3) is 0.923. The average Bonchev–Trinajstić information content (AvgIpc) is 2.69. The SMILES string of the molecule is CC1(CNC(=O)CC2(CN)CCC2)CCCS1. The Labute approximate surface area is 108 Å². The number of nitrogens with one attached hydrogen (secondary N) is 1. The molecule has 17 heavy (non-hydrogen) atoms. The third-order valence-corrected chi connectivity index (χ3v) is 5.88. The zero-order valence-electron chi connectivity index (χ0n) is 10.8. The molecule has 0 aromatic heterocycles. The van der Waals surface area contributed by atoms with E-state index < -0.39 is 0 Å². The predicted octanol–water partition coefficient (Wildman–Crippen LogP) is 1.91. The average molecular weight is 256 g/mol. The van der Waals surface area contributed by atoms with Gasteiger partial charge in [0.15, 0.2) is 0 Å². The van der Waals surface area contributed by atoms with E-state index in [9.17, 15) is 4.79 Å². The van der Waals surface area contributed by atoms with Crippen molar-refractivity contribution in [3.63, 3.8) is 0 Å². The van der Waals surface area contributed by atoms with Gasteiger partial charge in [0.25, 0.3) is 0 Å². The van der Waals surface area contributed by atoms with E-state index in [2.05, 4.69) is 12.2 Å². The molecular formula is C13H24N2OS. The molecule has 3 nitrogen and oxygen atoms in total. The summed E-state index contributed by atoms with van der Waals surface area (Å²) in [5, 5.41) is 3.11. The molecule has 1 saturated carbocycles. The second kappa shape index (κ2) is 5.19. The van der Waals surface area contributed by atoms with Crippen LogP contribution >= 0.6 is 11.8 Å². The van der Waals surface area contributed by atoms with Gasteiger partial charge in [-0.2, -0.15) is 11.8 Å². The highest BCUT2D eigenvalue weighted by Gasteiger charge is 2.38. The highest BCUT2D eigenvalue weighted by atomic mass is 32.2. The van der Waals surface area contributed by atoms with Crippen molar-refractivity contribution in [2.45, 2.75) is 50.2 Å². The van der Waals surface area contributed by atoms with Crippen molar-refractivity contribution in [3.8, 4) is 0 Å². The highest BCUT2D eigenvalue weighted by Crippen LogP contribution is 2.43. The molecule has 1 saturated heterocycles. The van der Waals surface area contributed by atoms with Crippen molar-refractivity contribution < 1.29 is 4.79 Å². The topological polar surface area (TPSA) is 55.1 Å². The van der Waals surface area contributed by atoms with Crippen LogP contribution < -0.4 is 11.1 Å². The molecule has 1 amide bonds. The standard InChI is InChI=1S/C13H24N2OS/c1-12(4-3-7-17-12)10-15-11(16)8-13(9-14)5-2-6-13/h2-10,14H2,1H3,(H,15,16). The first kappa shape index (κ1) is 13.2. The van der Waals surface area contributed by atoms with Gasteiger partial charge < -0.3 is 11.1 Å². The van der Waals surface area contributed by atoms with Crippen molar-refractivity contribution in [1.82, 2.24) is 5.32 Å². The highest BCUT2D eigenvalue weighted by molar-refractivity contribution is 8.00. The van der Waals surface area contributed by atoms with Gasteiger partial charge in [-0.05, 0) is 50.3 Å². The van der Waals surface area contributed by atoms with Crippen LogP contribution in [0, 0.1) is 5.41 Å². The zero-order chi connectivity index (χ0) is 12.4. The summed E-state index contributed by atoms with van der Waals surface area (Å²) in [5.41, 5.74) is 5.91. The minimum absolute atomic E-state index is 0.133. The first-order chi connectivity index (χ1) is 8.08. The van der Waals surface area contributed by atoms with Crippen LogP contribution in [0.2, 0.25) is 0 Å². The minimum atomic E-state index is 0.133. The van der Waals surface area contributed by atoms with E-state index in [1.54, 1.807) is 0 Å². The largest absolute Gasteiger partial charge is 0.355 e. The van der Waals surface area contributed by atoms with Crippen LogP contribution in [0.5, 0.6) is 0 Å². The van der Waals surface area contributed by atoms with Gasteiger partial charge in [-0.15, -0.1) is 0 Å². The number of carbonyl (C=O) groups excluding carboxylic acids is 1. The number of hydrogen-bond acceptors (Lipinski definition) is 3. The van der Waals surface area contributed by atoms with Crippen molar-refractivity contribution in [1.29, 1.82) is 0 Å². The lowest BCUT2D eigenvalue weighted by Gasteiger charge is -2.40. The Morgan fingerprint density at radius 3 is 2.59 bits per heavy atom. The Morgan fingerprint density at radius 2 is 2.12 bits per heavy atom. The second-order valence-corrected chi connectivity index (χ2v) is 7.60. The van der Waals surface area contributed by atoms with Crippen LogP contribution in [0.1, 0.15) is 45.4 Å². The normalized spacial score (nSPS) is 30.9. The lowest BCUT2D eigenvalue weighted by atomic mass is 9.66. The van der Waals surface area contributed by atoms with Crippen molar-refractivity contribution in [2.75, 3.05) is 18.8 Å². The molecule has 0 aromatic carbocycles. The summed E-state index contributed by atoms with van der Waals surface area (Å²) in [6.45, 7) is 3.73. The van der Waals surface area contributed by atoms with Gasteiger partial charge in [-0.1, -0.05) is 6.42 Å². The van der Waals surface area contributed by atoms with Crippen molar-refractivity contribution in [3.05, 3.63) is 0 Å². The van der Waals surface area contributed by atoms with Gasteiger partial charge in [-0.3, -0.25) is 4.79 Å². The quantitative estimate of drug-likeness (QED) is 0.790. The molecule has 2 fully saturated rings. The lowest BCUT2D eigenvalue weighted by Crippen LogP contribution is -2.44. The van der Waals surface area contributed by atoms with Crippen LogP contribution in [0.4, 0.5) is 0 Å². The zero-order valence-corrected chi connectivity index (χ0v) is 11.6. The van der Waals surface area contributed by atoms with Crippen LogP contribution in [0.15, 0.2) is 0 Å². The Hall–Kier alpha value is -0.220. The summed E-state index contributed by atoms with van der Waals surface area (Å²) >= 11 is 1.99. The molecule has 98 valence electrons. The number of nitrogens with two attached hydrogens (primary N) is 1. The maximum Gasteiger partial charge on any atom is 0.220 e. The molecule has 0 aromatic rings. The van der Waals surface area contributed by atoms with Gasteiger partial charge in [0.1, 0.15) is 0 Å². The molecule has 0 radical (unpaired) electrons. The summed E-state index contributed by atoms with van der Waals surface area (Å²) in [4.78, 5) is 11.9. The fourth-order valence-corrected chi connectivity index (χ4v) is 4.04. The molecule has 2 aliphatic rings. The third kappa shape index (κ3) is 3.16. The molecule has 1 aliphatic heterocycles. The first-order valence-electron chi connectivity index (χ1n) is 6.68. The van der Waals surface area contributed by atoms with E-state index in [0.29, 0.717) is 13.0 Å². The molecule has 1 aliphatic carbocycles. The number of thioether (sulfide) groups is 1. The summed E-state index contributed by atoms with van der Waals surface area (Å²) in [6.07, 6.45) is 6.62. The van der Waals surface area contributed by atoms with Gasteiger partial charge in [0.2, 0.25) is 5.91 Å². The third-order valence-electron chi connectivity index (χ3n) is 4.34. The summed E-state index contributed by atoms with van der Waals surface area (Å²) in [6, 6.07) is 0. The van der Waals surface area contributed by atoms with Gasteiger partial charge in [-0.25, -0.2) is 0 Å². The maximum atomic E-state index is 11.9. The van der Waals surface area contributed by atoms with E-state index >= 15 is 0 Å². The molecule has 4 heteroatoms. The van der Waals surface area contributed by atoms with Crippen LogP contribution in [-0.2, 0) is 4.79 Å². The molecule has 0 spiro atoms. The van der Waals surface area contributed by atoms with Gasteiger partial charge in [0, 0.05) is 17.7 Å². The van der Waals surface area contributed by atoms with Crippen LogP contribution in [0.3, 0.4) is 0 Å². The summed E-state index contributed by atoms with van der Waals surface area (Å²) in [7, 11) is 0. The number of carbonyl (C=O) groups is 1. The van der Waals surface area contributed by atoms with Crippen LogP contribution in [0.25, 0.3) is 0 Å². The fourth-order valence-electron chi connectivity index (χ4n) is 2.79. The lowest BCUT2D eigenvalue weighted by molar-refractivity contribution is -0.124. The predicted molar refractivity (Wildman–Crippen MR) is 73.1 cm³/mol. The monoisotopic (exact) mass is 256 g/mol. The summed E-state index contributed by atoms with van der Waals surface area (Å²) in [5.74, 6) is 1.43. The van der Waals surface area contributed by atoms with Gasteiger partial charge >= 0.3 is 0 Å². The second-order valence-electron chi connectivity index (χ2n) is 5.91. The maximum absolute atomic E-state index is 11.9. The Kier molecular flexibility index (Phi) is 4.03. The summed E-state index contributed by atoms with van der Waals surface area (Å²) < 4.78 is 0.269.